The second-order valence-corrected chi connectivity index (χ2v) is 5.82. The largest absolute Gasteiger partial charge is 0.322 e. The molecule has 0 heterocycles. The third-order valence-electron chi connectivity index (χ3n) is 3.34. The van der Waals surface area contributed by atoms with E-state index in [0.717, 1.165) is 26.5 Å². The number of benzene rings is 3. The summed E-state index contributed by atoms with van der Waals surface area (Å²) in [6.07, 6.45) is 3.35. The molecule has 3 heteroatoms. The number of hydrogen-bond acceptors (Lipinski definition) is 1. The minimum absolute atomic E-state index is 0.140. The lowest BCUT2D eigenvalue weighted by Gasteiger charge is -2.06. The van der Waals surface area contributed by atoms with Crippen LogP contribution in [0.4, 0.5) is 5.69 Å². The van der Waals surface area contributed by atoms with Crippen LogP contribution in [0.1, 0.15) is 5.56 Å². The van der Waals surface area contributed by atoms with Crippen LogP contribution in [0.5, 0.6) is 0 Å². The fraction of sp³-hybridized carbons (Fsp3) is 0. The maximum atomic E-state index is 12.1. The minimum Gasteiger partial charge on any atom is -0.322 e. The summed E-state index contributed by atoms with van der Waals surface area (Å²) in [7, 11) is 0. The molecular formula is C19H14BrNO. The number of nitrogens with one attached hydrogen (secondary N) is 1. The van der Waals surface area contributed by atoms with Crippen LogP contribution in [-0.2, 0) is 4.79 Å². The third kappa shape index (κ3) is 3.43. The number of hydrogen-bond donors (Lipinski definition) is 1. The average molecular weight is 352 g/mol. The molecule has 2 nitrogen and oxygen atoms in total. The van der Waals surface area contributed by atoms with Gasteiger partial charge in [0.1, 0.15) is 0 Å². The van der Waals surface area contributed by atoms with Crippen LogP contribution >= 0.6 is 15.9 Å². The van der Waals surface area contributed by atoms with Crippen LogP contribution in [0, 0.1) is 0 Å². The molecule has 1 N–H and O–H groups in total. The minimum atomic E-state index is -0.140. The molecule has 0 aliphatic heterocycles. The topological polar surface area (TPSA) is 29.1 Å². The first kappa shape index (κ1) is 14.5. The number of carbonyl (C=O) groups is 1. The van der Waals surface area contributed by atoms with Crippen LogP contribution in [0.2, 0.25) is 0 Å². The SMILES string of the molecule is O=C(/C=C/c1ccc(Br)cc1)Nc1cccc2ccccc12. The van der Waals surface area contributed by atoms with Crippen molar-refractivity contribution in [1.82, 2.24) is 0 Å². The first-order chi connectivity index (χ1) is 10.7. The van der Waals surface area contributed by atoms with Crippen molar-refractivity contribution in [2.75, 3.05) is 5.32 Å². The lowest BCUT2D eigenvalue weighted by atomic mass is 10.1. The highest BCUT2D eigenvalue weighted by Crippen LogP contribution is 2.22. The molecule has 1 amide bonds. The van der Waals surface area contributed by atoms with Gasteiger partial charge in [-0.1, -0.05) is 64.5 Å². The van der Waals surface area contributed by atoms with Gasteiger partial charge in [-0.25, -0.2) is 0 Å². The second-order valence-electron chi connectivity index (χ2n) is 4.90. The molecule has 0 radical (unpaired) electrons. The summed E-state index contributed by atoms with van der Waals surface area (Å²) in [5, 5.41) is 5.08. The van der Waals surface area contributed by atoms with Crippen molar-refractivity contribution in [3.63, 3.8) is 0 Å². The first-order valence-corrected chi connectivity index (χ1v) is 7.74. The maximum Gasteiger partial charge on any atom is 0.248 e. The average Bonchev–Trinajstić information content (AvgIpc) is 2.55. The zero-order chi connectivity index (χ0) is 15.4. The van der Waals surface area contributed by atoms with E-state index in [1.165, 1.54) is 0 Å². The van der Waals surface area contributed by atoms with Crippen molar-refractivity contribution >= 4 is 44.4 Å². The maximum absolute atomic E-state index is 12.1. The fourth-order valence-corrected chi connectivity index (χ4v) is 2.52. The molecule has 0 unspecified atom stereocenters. The van der Waals surface area contributed by atoms with Gasteiger partial charge in [0.05, 0.1) is 0 Å². The molecule has 0 bridgehead atoms. The van der Waals surface area contributed by atoms with Crippen molar-refractivity contribution in [2.45, 2.75) is 0 Å². The molecule has 3 rings (SSSR count). The van der Waals surface area contributed by atoms with Gasteiger partial charge in [-0.15, -0.1) is 0 Å². The molecule has 0 saturated carbocycles. The molecule has 0 aromatic heterocycles. The summed E-state index contributed by atoms with van der Waals surface area (Å²) < 4.78 is 1.02. The Morgan fingerprint density at radius 1 is 0.909 bits per heavy atom. The van der Waals surface area contributed by atoms with E-state index < -0.39 is 0 Å². The molecule has 3 aromatic rings. The number of amides is 1. The Hall–Kier alpha value is -2.39. The summed E-state index contributed by atoms with van der Waals surface area (Å²) in [6, 6.07) is 21.7. The van der Waals surface area contributed by atoms with Gasteiger partial charge < -0.3 is 5.32 Å². The van der Waals surface area contributed by atoms with Gasteiger partial charge in [0, 0.05) is 21.6 Å². The van der Waals surface area contributed by atoms with Gasteiger partial charge in [-0.2, -0.15) is 0 Å². The second kappa shape index (κ2) is 6.58. The summed E-state index contributed by atoms with van der Waals surface area (Å²) in [5.41, 5.74) is 1.81. The Labute approximate surface area is 137 Å². The molecule has 0 aliphatic rings. The van der Waals surface area contributed by atoms with Crippen molar-refractivity contribution in [1.29, 1.82) is 0 Å². The smallest absolute Gasteiger partial charge is 0.248 e. The van der Waals surface area contributed by atoms with E-state index in [1.54, 1.807) is 12.2 Å². The van der Waals surface area contributed by atoms with Gasteiger partial charge in [0.25, 0.3) is 0 Å². The van der Waals surface area contributed by atoms with E-state index in [2.05, 4.69) is 21.2 Å². The Morgan fingerprint density at radius 2 is 1.64 bits per heavy atom. The normalized spacial score (nSPS) is 11.0. The zero-order valence-corrected chi connectivity index (χ0v) is 13.4. The van der Waals surface area contributed by atoms with E-state index in [1.807, 2.05) is 66.7 Å². The molecular weight excluding hydrogens is 338 g/mol. The molecule has 0 atom stereocenters. The number of carbonyl (C=O) groups excluding carboxylic acids is 1. The fourth-order valence-electron chi connectivity index (χ4n) is 2.25. The standard InChI is InChI=1S/C19H14BrNO/c20-16-11-8-14(9-12-16)10-13-19(22)21-18-7-3-5-15-4-1-2-6-17(15)18/h1-13H,(H,21,22)/b13-10+. The van der Waals surface area contributed by atoms with E-state index in [4.69, 9.17) is 0 Å². The third-order valence-corrected chi connectivity index (χ3v) is 3.87. The van der Waals surface area contributed by atoms with Crippen molar-refractivity contribution in [2.24, 2.45) is 0 Å². The molecule has 0 fully saturated rings. The van der Waals surface area contributed by atoms with Crippen LogP contribution < -0.4 is 5.32 Å². The van der Waals surface area contributed by atoms with E-state index in [-0.39, 0.29) is 5.91 Å². The first-order valence-electron chi connectivity index (χ1n) is 6.95. The molecule has 22 heavy (non-hydrogen) atoms. The summed E-state index contributed by atoms with van der Waals surface area (Å²) >= 11 is 3.39. The van der Waals surface area contributed by atoms with E-state index in [9.17, 15) is 4.79 Å². The van der Waals surface area contributed by atoms with Gasteiger partial charge in [-0.3, -0.25) is 4.79 Å². The molecule has 0 spiro atoms. The lowest BCUT2D eigenvalue weighted by molar-refractivity contribution is -0.111. The quantitative estimate of drug-likeness (QED) is 0.641. The highest BCUT2D eigenvalue weighted by atomic mass is 79.9. The molecule has 3 aromatic carbocycles. The van der Waals surface area contributed by atoms with Crippen LogP contribution in [-0.4, -0.2) is 5.91 Å². The molecule has 108 valence electrons. The number of rotatable bonds is 3. The Bertz CT molecular complexity index is 832. The Morgan fingerprint density at radius 3 is 2.45 bits per heavy atom. The van der Waals surface area contributed by atoms with Crippen molar-refractivity contribution in [3.05, 3.63) is 82.8 Å². The van der Waals surface area contributed by atoms with Gasteiger partial charge >= 0.3 is 0 Å². The summed E-state index contributed by atoms with van der Waals surface area (Å²) in [4.78, 5) is 12.1. The summed E-state index contributed by atoms with van der Waals surface area (Å²) in [5.74, 6) is -0.140. The Balaban J connectivity index is 1.77. The highest BCUT2D eigenvalue weighted by molar-refractivity contribution is 9.10. The van der Waals surface area contributed by atoms with E-state index >= 15 is 0 Å². The van der Waals surface area contributed by atoms with Crippen molar-refractivity contribution in [3.8, 4) is 0 Å². The van der Waals surface area contributed by atoms with Gasteiger partial charge in [0.15, 0.2) is 0 Å². The van der Waals surface area contributed by atoms with Gasteiger partial charge in [-0.05, 0) is 35.2 Å². The van der Waals surface area contributed by atoms with Crippen LogP contribution in [0.25, 0.3) is 16.8 Å². The number of halogens is 1. The predicted octanol–water partition coefficient (Wildman–Crippen LogP) is 5.25. The van der Waals surface area contributed by atoms with Crippen LogP contribution in [0.15, 0.2) is 77.3 Å². The zero-order valence-electron chi connectivity index (χ0n) is 11.8. The predicted molar refractivity (Wildman–Crippen MR) is 95.8 cm³/mol. The number of anilines is 1. The molecule has 0 saturated heterocycles. The number of fused-ring (bicyclic) bond motifs is 1. The summed E-state index contributed by atoms with van der Waals surface area (Å²) in [6.45, 7) is 0. The van der Waals surface area contributed by atoms with Gasteiger partial charge in [0.2, 0.25) is 5.91 Å². The van der Waals surface area contributed by atoms with Crippen LogP contribution in [0.3, 0.4) is 0 Å². The monoisotopic (exact) mass is 351 g/mol. The Kier molecular flexibility index (Phi) is 4.35. The van der Waals surface area contributed by atoms with Crippen molar-refractivity contribution < 1.29 is 4.79 Å². The van der Waals surface area contributed by atoms with E-state index in [0.29, 0.717) is 0 Å². The lowest BCUT2D eigenvalue weighted by Crippen LogP contribution is -2.07. The highest BCUT2D eigenvalue weighted by Gasteiger charge is 2.02. The molecule has 0 aliphatic carbocycles.